The van der Waals surface area contributed by atoms with Crippen LogP contribution in [0.3, 0.4) is 0 Å². The van der Waals surface area contributed by atoms with Crippen molar-refractivity contribution >= 4 is 8.07 Å². The molecule has 0 unspecified atom stereocenters. The van der Waals surface area contributed by atoms with E-state index in [0.29, 0.717) is 11.5 Å². The molecule has 0 saturated heterocycles. The van der Waals surface area contributed by atoms with E-state index in [1.807, 2.05) is 0 Å². The van der Waals surface area contributed by atoms with Crippen molar-refractivity contribution in [2.45, 2.75) is 50.5 Å². The van der Waals surface area contributed by atoms with Gasteiger partial charge in [0.15, 0.2) is 0 Å². The lowest BCUT2D eigenvalue weighted by Gasteiger charge is -2.36. The van der Waals surface area contributed by atoms with Gasteiger partial charge in [0.2, 0.25) is 0 Å². The highest BCUT2D eigenvalue weighted by Gasteiger charge is 2.51. The van der Waals surface area contributed by atoms with Crippen LogP contribution >= 0.6 is 0 Å². The normalized spacial score (nSPS) is 47.0. The van der Waals surface area contributed by atoms with E-state index in [4.69, 9.17) is 0 Å². The summed E-state index contributed by atoms with van der Waals surface area (Å²) in [5.74, 6) is 1.56. The second-order valence-corrected chi connectivity index (χ2v) is 11.1. The number of aliphatic hydroxyl groups is 1. The Bertz CT molecular complexity index is 183. The molecule has 0 aliphatic heterocycles. The van der Waals surface area contributed by atoms with Crippen LogP contribution < -0.4 is 0 Å². The largest absolute Gasteiger partial charge is 0.393 e. The highest BCUT2D eigenvalue weighted by Crippen LogP contribution is 2.55. The summed E-state index contributed by atoms with van der Waals surface area (Å²) in [5, 5.41) is 10.0. The first-order valence-corrected chi connectivity index (χ1v) is 8.76. The van der Waals surface area contributed by atoms with Crippen molar-refractivity contribution in [2.75, 3.05) is 0 Å². The molecule has 0 amide bonds. The van der Waals surface area contributed by atoms with Crippen molar-refractivity contribution in [2.24, 2.45) is 11.8 Å². The van der Waals surface area contributed by atoms with Gasteiger partial charge in [-0.1, -0.05) is 19.6 Å². The van der Waals surface area contributed by atoms with Crippen LogP contribution in [0.1, 0.15) is 19.3 Å². The zero-order chi connectivity index (χ0) is 8.93. The van der Waals surface area contributed by atoms with Gasteiger partial charge in [-0.15, -0.1) is 0 Å². The van der Waals surface area contributed by atoms with E-state index in [1.165, 1.54) is 19.3 Å². The zero-order valence-corrected chi connectivity index (χ0v) is 9.38. The molecule has 0 radical (unpaired) electrons. The fourth-order valence-corrected chi connectivity index (χ4v) is 6.49. The van der Waals surface area contributed by atoms with Gasteiger partial charge in [-0.3, -0.25) is 0 Å². The lowest BCUT2D eigenvalue weighted by atomic mass is 9.97. The van der Waals surface area contributed by atoms with Crippen molar-refractivity contribution in [3.63, 3.8) is 0 Å². The molecule has 12 heavy (non-hydrogen) atoms. The van der Waals surface area contributed by atoms with Crippen LogP contribution in [0.15, 0.2) is 0 Å². The second-order valence-electron chi connectivity index (χ2n) is 5.72. The van der Waals surface area contributed by atoms with E-state index in [1.54, 1.807) is 0 Å². The molecule has 0 heterocycles. The maximum atomic E-state index is 10.0. The Hall–Kier alpha value is 0.177. The topological polar surface area (TPSA) is 20.2 Å². The van der Waals surface area contributed by atoms with Gasteiger partial charge in [0.05, 0.1) is 14.2 Å². The van der Waals surface area contributed by atoms with Crippen LogP contribution in [0.5, 0.6) is 0 Å². The Labute approximate surface area is 76.2 Å². The van der Waals surface area contributed by atoms with Crippen LogP contribution in [-0.2, 0) is 0 Å². The first-order valence-electron chi connectivity index (χ1n) is 5.18. The van der Waals surface area contributed by atoms with E-state index in [0.717, 1.165) is 5.92 Å². The van der Waals surface area contributed by atoms with Crippen molar-refractivity contribution < 1.29 is 5.11 Å². The van der Waals surface area contributed by atoms with Crippen LogP contribution in [0.4, 0.5) is 0 Å². The highest BCUT2D eigenvalue weighted by molar-refractivity contribution is 6.77. The summed E-state index contributed by atoms with van der Waals surface area (Å²) in [4.78, 5) is 0. The molecule has 2 fully saturated rings. The Morgan fingerprint density at radius 2 is 1.67 bits per heavy atom. The van der Waals surface area contributed by atoms with E-state index in [-0.39, 0.29) is 6.10 Å². The van der Waals surface area contributed by atoms with E-state index >= 15 is 0 Å². The van der Waals surface area contributed by atoms with Crippen molar-refractivity contribution in [3.05, 3.63) is 0 Å². The van der Waals surface area contributed by atoms with Gasteiger partial charge in [-0.25, -0.2) is 0 Å². The predicted molar refractivity (Wildman–Crippen MR) is 53.9 cm³/mol. The Morgan fingerprint density at radius 1 is 1.08 bits per heavy atom. The minimum absolute atomic E-state index is 0.0652. The standard InChI is InChI=1S/C10H20OSi/c1-12(2,3)10-8-5-4-7(6-8)9(10)11/h7-11H,4-6H2,1-3H3/t7-,8+,9-,10+/m0/s1. The summed E-state index contributed by atoms with van der Waals surface area (Å²) in [7, 11) is -1.09. The first kappa shape index (κ1) is 8.76. The van der Waals surface area contributed by atoms with Gasteiger partial charge < -0.3 is 5.11 Å². The second kappa shape index (κ2) is 2.58. The molecule has 0 aromatic heterocycles. The molecule has 0 spiro atoms. The monoisotopic (exact) mass is 184 g/mol. The van der Waals surface area contributed by atoms with Gasteiger partial charge in [-0.05, 0) is 36.6 Å². The van der Waals surface area contributed by atoms with Crippen molar-refractivity contribution in [1.82, 2.24) is 0 Å². The average molecular weight is 184 g/mol. The summed E-state index contributed by atoms with van der Waals surface area (Å²) >= 11 is 0. The fourth-order valence-electron chi connectivity index (χ4n) is 3.48. The molecule has 2 saturated carbocycles. The van der Waals surface area contributed by atoms with Gasteiger partial charge in [0, 0.05) is 0 Å². The minimum Gasteiger partial charge on any atom is -0.393 e. The van der Waals surface area contributed by atoms with E-state index in [9.17, 15) is 5.11 Å². The van der Waals surface area contributed by atoms with Crippen LogP contribution in [0.2, 0.25) is 25.2 Å². The summed E-state index contributed by atoms with van der Waals surface area (Å²) in [6.07, 6.45) is 4.09. The molecule has 70 valence electrons. The fraction of sp³-hybridized carbons (Fsp3) is 1.00. The number of fused-ring (bicyclic) bond motifs is 2. The third-order valence-corrected chi connectivity index (χ3v) is 6.69. The molecule has 2 heteroatoms. The van der Waals surface area contributed by atoms with Gasteiger partial charge >= 0.3 is 0 Å². The smallest absolute Gasteiger partial charge is 0.0575 e. The average Bonchev–Trinajstić information content (AvgIpc) is 2.42. The zero-order valence-electron chi connectivity index (χ0n) is 8.38. The molecule has 1 N–H and O–H groups in total. The summed E-state index contributed by atoms with van der Waals surface area (Å²) < 4.78 is 0. The maximum Gasteiger partial charge on any atom is 0.0575 e. The molecule has 1 nitrogen and oxygen atoms in total. The molecule has 0 aromatic rings. The summed E-state index contributed by atoms with van der Waals surface area (Å²) in [5.41, 5.74) is 0.705. The number of hydrogen-bond donors (Lipinski definition) is 1. The lowest BCUT2D eigenvalue weighted by Crippen LogP contribution is -2.39. The Balaban J connectivity index is 2.17. The molecule has 2 aliphatic rings. The van der Waals surface area contributed by atoms with Crippen LogP contribution in [0.25, 0.3) is 0 Å². The molecular weight excluding hydrogens is 164 g/mol. The van der Waals surface area contributed by atoms with Gasteiger partial charge in [0.25, 0.3) is 0 Å². The number of aliphatic hydroxyl groups excluding tert-OH is 1. The van der Waals surface area contributed by atoms with Crippen molar-refractivity contribution in [3.8, 4) is 0 Å². The molecule has 4 atom stereocenters. The first-order chi connectivity index (χ1) is 5.50. The van der Waals surface area contributed by atoms with Gasteiger partial charge in [-0.2, -0.15) is 0 Å². The highest BCUT2D eigenvalue weighted by atomic mass is 28.3. The Morgan fingerprint density at radius 3 is 2.00 bits per heavy atom. The van der Waals surface area contributed by atoms with E-state index in [2.05, 4.69) is 19.6 Å². The summed E-state index contributed by atoms with van der Waals surface area (Å²) in [6.45, 7) is 7.21. The van der Waals surface area contributed by atoms with Gasteiger partial charge in [0.1, 0.15) is 0 Å². The quantitative estimate of drug-likeness (QED) is 0.621. The molecular formula is C10H20OSi. The third kappa shape index (κ3) is 1.16. The Kier molecular flexibility index (Phi) is 1.88. The predicted octanol–water partition coefficient (Wildman–Crippen LogP) is 2.49. The third-order valence-electron chi connectivity index (χ3n) is 3.87. The molecule has 0 aromatic carbocycles. The number of hydrogen-bond acceptors (Lipinski definition) is 1. The minimum atomic E-state index is -1.09. The van der Waals surface area contributed by atoms with Crippen molar-refractivity contribution in [1.29, 1.82) is 0 Å². The summed E-state index contributed by atoms with van der Waals surface area (Å²) in [6, 6.07) is 0. The number of rotatable bonds is 1. The maximum absolute atomic E-state index is 10.0. The molecule has 2 aliphatic carbocycles. The molecule has 2 bridgehead atoms. The van der Waals surface area contributed by atoms with Crippen LogP contribution in [-0.4, -0.2) is 19.3 Å². The SMILES string of the molecule is C[Si](C)(C)[C@@H]1[C@@H]2CC[C@@H](C2)[C@@H]1O. The molecule has 2 rings (SSSR count). The van der Waals surface area contributed by atoms with E-state index < -0.39 is 8.07 Å². The lowest BCUT2D eigenvalue weighted by molar-refractivity contribution is 0.111. The van der Waals surface area contributed by atoms with Crippen LogP contribution in [0, 0.1) is 11.8 Å².